The summed E-state index contributed by atoms with van der Waals surface area (Å²) in [5, 5.41) is 0. The molecule has 1 amide bonds. The number of carbonyl (C=O) groups is 1. The second kappa shape index (κ2) is 7.78. The molecule has 0 aliphatic carbocycles. The summed E-state index contributed by atoms with van der Waals surface area (Å²) in [6.07, 6.45) is 2.50. The zero-order chi connectivity index (χ0) is 19.6. The van der Waals surface area contributed by atoms with E-state index in [0.717, 1.165) is 22.7 Å². The van der Waals surface area contributed by atoms with Gasteiger partial charge in [-0.15, -0.1) is 0 Å². The summed E-state index contributed by atoms with van der Waals surface area (Å²) in [5.41, 5.74) is 1.47. The predicted molar refractivity (Wildman–Crippen MR) is 101 cm³/mol. The molecular formula is C20H23FN2O3S. The first-order chi connectivity index (χ1) is 12.8. The Morgan fingerprint density at radius 1 is 1.11 bits per heavy atom. The molecular weight excluding hydrogens is 367 g/mol. The van der Waals surface area contributed by atoms with Gasteiger partial charge in [-0.2, -0.15) is 0 Å². The van der Waals surface area contributed by atoms with Crippen LogP contribution < -0.4 is 0 Å². The average Bonchev–Trinajstić information content (AvgIpc) is 3.11. The molecule has 3 rings (SSSR count). The number of nitrogens with zero attached hydrogens (tertiary/aromatic N) is 2. The van der Waals surface area contributed by atoms with Gasteiger partial charge in [-0.05, 0) is 61.2 Å². The van der Waals surface area contributed by atoms with Gasteiger partial charge in [-0.3, -0.25) is 4.79 Å². The normalized spacial score (nSPS) is 17.5. The number of rotatable bonds is 5. The highest BCUT2D eigenvalue weighted by atomic mass is 32.2. The van der Waals surface area contributed by atoms with Crippen molar-refractivity contribution in [1.82, 2.24) is 9.21 Å². The summed E-state index contributed by atoms with van der Waals surface area (Å²) in [4.78, 5) is 14.9. The number of amides is 1. The Morgan fingerprint density at radius 3 is 2.33 bits per heavy atom. The Hall–Kier alpha value is -2.25. The zero-order valence-electron chi connectivity index (χ0n) is 15.4. The molecule has 2 aromatic rings. The van der Waals surface area contributed by atoms with E-state index in [1.54, 1.807) is 24.3 Å². The molecule has 1 saturated heterocycles. The Labute approximate surface area is 159 Å². The summed E-state index contributed by atoms with van der Waals surface area (Å²) in [6, 6.07) is 12.5. The summed E-state index contributed by atoms with van der Waals surface area (Å²) in [7, 11) is -0.574. The van der Waals surface area contributed by atoms with Crippen molar-refractivity contribution < 1.29 is 17.6 Å². The van der Waals surface area contributed by atoms with Crippen LogP contribution in [0.3, 0.4) is 0 Å². The lowest BCUT2D eigenvalue weighted by molar-refractivity contribution is 0.0736. The molecule has 1 heterocycles. The van der Waals surface area contributed by atoms with Crippen molar-refractivity contribution in [3.8, 4) is 0 Å². The molecule has 0 radical (unpaired) electrons. The first-order valence-electron chi connectivity index (χ1n) is 8.87. The second-order valence-corrected chi connectivity index (χ2v) is 9.09. The highest BCUT2D eigenvalue weighted by Crippen LogP contribution is 2.24. The monoisotopic (exact) mass is 390 g/mol. The molecule has 0 aromatic heterocycles. The van der Waals surface area contributed by atoms with Crippen molar-refractivity contribution in [1.29, 1.82) is 0 Å². The molecule has 2 aromatic carbocycles. The van der Waals surface area contributed by atoms with Gasteiger partial charge in [0.1, 0.15) is 5.82 Å². The topological polar surface area (TPSA) is 57.7 Å². The lowest BCUT2D eigenvalue weighted by atomic mass is 10.0. The molecule has 7 heteroatoms. The number of hydrogen-bond donors (Lipinski definition) is 0. The Bertz CT molecular complexity index is 909. The van der Waals surface area contributed by atoms with Gasteiger partial charge in [-0.25, -0.2) is 17.1 Å². The third kappa shape index (κ3) is 4.20. The predicted octanol–water partition coefficient (Wildman–Crippen LogP) is 2.92. The van der Waals surface area contributed by atoms with Crippen LogP contribution in [0.4, 0.5) is 4.39 Å². The van der Waals surface area contributed by atoms with Crippen molar-refractivity contribution in [3.05, 3.63) is 65.5 Å². The molecule has 0 bridgehead atoms. The summed E-state index contributed by atoms with van der Waals surface area (Å²) in [6.45, 7) is 0.669. The molecule has 1 fully saturated rings. The fourth-order valence-electron chi connectivity index (χ4n) is 3.35. The van der Waals surface area contributed by atoms with Crippen LogP contribution in [0.1, 0.15) is 28.8 Å². The van der Waals surface area contributed by atoms with Crippen molar-refractivity contribution in [2.75, 3.05) is 20.6 Å². The van der Waals surface area contributed by atoms with Crippen LogP contribution in [0.2, 0.25) is 0 Å². The van der Waals surface area contributed by atoms with Gasteiger partial charge in [0.05, 0.1) is 4.90 Å². The quantitative estimate of drug-likeness (QED) is 0.789. The van der Waals surface area contributed by atoms with Crippen LogP contribution in [-0.4, -0.2) is 50.2 Å². The minimum atomic E-state index is -3.52. The van der Waals surface area contributed by atoms with Gasteiger partial charge >= 0.3 is 0 Å². The largest absolute Gasteiger partial charge is 0.335 e. The number of benzene rings is 2. The van der Waals surface area contributed by atoms with Crippen molar-refractivity contribution in [2.45, 2.75) is 30.2 Å². The van der Waals surface area contributed by atoms with Gasteiger partial charge in [0.25, 0.3) is 5.91 Å². The highest BCUT2D eigenvalue weighted by Gasteiger charge is 2.29. The van der Waals surface area contributed by atoms with Crippen LogP contribution in [-0.2, 0) is 16.4 Å². The van der Waals surface area contributed by atoms with E-state index in [4.69, 9.17) is 0 Å². The van der Waals surface area contributed by atoms with Crippen molar-refractivity contribution in [2.24, 2.45) is 0 Å². The standard InChI is InChI=1S/C20H23FN2O3S/c1-22(2)27(25,26)19-11-7-16(8-12-19)20(24)23-13-3-4-18(23)14-15-5-9-17(21)10-6-15/h5-12,18H,3-4,13-14H2,1-2H3. The molecule has 27 heavy (non-hydrogen) atoms. The zero-order valence-corrected chi connectivity index (χ0v) is 16.2. The Balaban J connectivity index is 1.75. The number of halogens is 1. The minimum absolute atomic E-state index is 0.0631. The highest BCUT2D eigenvalue weighted by molar-refractivity contribution is 7.89. The van der Waals surface area contributed by atoms with E-state index in [2.05, 4.69) is 0 Å². The molecule has 144 valence electrons. The first kappa shape index (κ1) is 19.5. The summed E-state index contributed by atoms with van der Waals surface area (Å²) in [5.74, 6) is -0.376. The van der Waals surface area contributed by atoms with Crippen LogP contribution in [0.25, 0.3) is 0 Å². The first-order valence-corrected chi connectivity index (χ1v) is 10.3. The van der Waals surface area contributed by atoms with Gasteiger partial charge in [0.15, 0.2) is 0 Å². The fourth-order valence-corrected chi connectivity index (χ4v) is 4.26. The fraction of sp³-hybridized carbons (Fsp3) is 0.350. The minimum Gasteiger partial charge on any atom is -0.335 e. The number of likely N-dealkylation sites (tertiary alicyclic amines) is 1. The maximum atomic E-state index is 13.1. The van der Waals surface area contributed by atoms with Crippen LogP contribution in [0.15, 0.2) is 53.4 Å². The number of sulfonamides is 1. The third-order valence-corrected chi connectivity index (χ3v) is 6.73. The van der Waals surface area contributed by atoms with Gasteiger partial charge < -0.3 is 4.90 Å². The molecule has 1 aliphatic heterocycles. The smallest absolute Gasteiger partial charge is 0.254 e. The maximum absolute atomic E-state index is 13.1. The van der Waals surface area contributed by atoms with E-state index in [9.17, 15) is 17.6 Å². The van der Waals surface area contributed by atoms with Gasteiger partial charge in [0.2, 0.25) is 10.0 Å². The molecule has 0 spiro atoms. The van der Waals surface area contributed by atoms with Crippen molar-refractivity contribution >= 4 is 15.9 Å². The van der Waals surface area contributed by atoms with E-state index in [1.165, 1.54) is 38.4 Å². The summed E-state index contributed by atoms with van der Waals surface area (Å²) < 4.78 is 38.5. The molecule has 0 saturated carbocycles. The number of hydrogen-bond acceptors (Lipinski definition) is 3. The van der Waals surface area contributed by atoms with E-state index in [1.807, 2.05) is 4.90 Å². The lowest BCUT2D eigenvalue weighted by Crippen LogP contribution is -2.36. The van der Waals surface area contributed by atoms with Gasteiger partial charge in [-0.1, -0.05) is 12.1 Å². The molecule has 0 N–H and O–H groups in total. The van der Waals surface area contributed by atoms with Crippen LogP contribution in [0, 0.1) is 5.82 Å². The third-order valence-electron chi connectivity index (χ3n) is 4.90. The van der Waals surface area contributed by atoms with Crippen LogP contribution in [0.5, 0.6) is 0 Å². The van der Waals surface area contributed by atoms with Crippen LogP contribution >= 0.6 is 0 Å². The number of carbonyl (C=O) groups excluding carboxylic acids is 1. The second-order valence-electron chi connectivity index (χ2n) is 6.94. The molecule has 1 atom stereocenters. The van der Waals surface area contributed by atoms with Gasteiger partial charge in [0, 0.05) is 32.2 Å². The average molecular weight is 390 g/mol. The Morgan fingerprint density at radius 2 is 1.74 bits per heavy atom. The Kier molecular flexibility index (Phi) is 5.62. The van der Waals surface area contributed by atoms with E-state index in [0.29, 0.717) is 18.5 Å². The molecule has 1 unspecified atom stereocenters. The summed E-state index contributed by atoms with van der Waals surface area (Å²) >= 11 is 0. The molecule has 5 nitrogen and oxygen atoms in total. The van der Waals surface area contributed by atoms with E-state index in [-0.39, 0.29) is 22.7 Å². The molecule has 1 aliphatic rings. The lowest BCUT2D eigenvalue weighted by Gasteiger charge is -2.25. The van der Waals surface area contributed by atoms with Crippen molar-refractivity contribution in [3.63, 3.8) is 0 Å². The maximum Gasteiger partial charge on any atom is 0.254 e. The van der Waals surface area contributed by atoms with E-state index >= 15 is 0 Å². The SMILES string of the molecule is CN(C)S(=O)(=O)c1ccc(C(=O)N2CCCC2Cc2ccc(F)cc2)cc1. The van der Waals surface area contributed by atoms with E-state index < -0.39 is 10.0 Å².